The molecule has 0 radical (unpaired) electrons. The van der Waals surface area contributed by atoms with Crippen molar-refractivity contribution in [2.24, 2.45) is 0 Å². The summed E-state index contributed by atoms with van der Waals surface area (Å²) in [4.78, 5) is 14.6. The standard InChI is InChI=1S/C11H11NO2/c1-3-9-4-5-12-10(7-9)6-8(2)11(13)14/h3-7H,1H2,2H3,(H,13,14). The summed E-state index contributed by atoms with van der Waals surface area (Å²) in [5.41, 5.74) is 1.81. The summed E-state index contributed by atoms with van der Waals surface area (Å²) >= 11 is 0. The average Bonchev–Trinajstić information content (AvgIpc) is 2.18. The van der Waals surface area contributed by atoms with E-state index in [-0.39, 0.29) is 5.57 Å². The minimum Gasteiger partial charge on any atom is -0.478 e. The minimum atomic E-state index is -0.934. The highest BCUT2D eigenvalue weighted by molar-refractivity contribution is 5.91. The summed E-state index contributed by atoms with van der Waals surface area (Å²) in [5.74, 6) is -0.934. The Morgan fingerprint density at radius 3 is 2.93 bits per heavy atom. The van der Waals surface area contributed by atoms with Gasteiger partial charge >= 0.3 is 5.97 Å². The number of hydrogen-bond donors (Lipinski definition) is 1. The Kier molecular flexibility index (Phi) is 3.18. The lowest BCUT2D eigenvalue weighted by atomic mass is 10.2. The Balaban J connectivity index is 3.02. The molecule has 1 rings (SSSR count). The van der Waals surface area contributed by atoms with Crippen LogP contribution in [0.4, 0.5) is 0 Å². The van der Waals surface area contributed by atoms with E-state index < -0.39 is 5.97 Å². The maximum Gasteiger partial charge on any atom is 0.331 e. The van der Waals surface area contributed by atoms with Gasteiger partial charge in [-0.3, -0.25) is 4.98 Å². The molecular formula is C11H11NO2. The van der Waals surface area contributed by atoms with Crippen molar-refractivity contribution in [2.75, 3.05) is 0 Å². The minimum absolute atomic E-state index is 0.263. The van der Waals surface area contributed by atoms with Crippen LogP contribution < -0.4 is 0 Å². The molecule has 0 unspecified atom stereocenters. The van der Waals surface area contributed by atoms with E-state index in [0.29, 0.717) is 5.69 Å². The third kappa shape index (κ3) is 2.55. The van der Waals surface area contributed by atoms with E-state index in [9.17, 15) is 4.79 Å². The molecule has 3 nitrogen and oxygen atoms in total. The van der Waals surface area contributed by atoms with Crippen molar-refractivity contribution in [1.29, 1.82) is 0 Å². The van der Waals surface area contributed by atoms with Crippen molar-refractivity contribution < 1.29 is 9.90 Å². The van der Waals surface area contributed by atoms with Crippen LogP contribution >= 0.6 is 0 Å². The van der Waals surface area contributed by atoms with Crippen molar-refractivity contribution in [3.8, 4) is 0 Å². The Hall–Kier alpha value is -1.90. The molecule has 14 heavy (non-hydrogen) atoms. The van der Waals surface area contributed by atoms with Crippen LogP contribution in [-0.4, -0.2) is 16.1 Å². The van der Waals surface area contributed by atoms with Gasteiger partial charge in [-0.05, 0) is 30.7 Å². The molecule has 0 bridgehead atoms. The van der Waals surface area contributed by atoms with Crippen LogP contribution in [-0.2, 0) is 4.79 Å². The molecule has 0 aliphatic rings. The van der Waals surface area contributed by atoms with Gasteiger partial charge in [0.25, 0.3) is 0 Å². The van der Waals surface area contributed by atoms with E-state index in [4.69, 9.17) is 5.11 Å². The fourth-order valence-electron chi connectivity index (χ4n) is 0.955. The highest BCUT2D eigenvalue weighted by atomic mass is 16.4. The number of carboxylic acids is 1. The fourth-order valence-corrected chi connectivity index (χ4v) is 0.955. The second-order valence-electron chi connectivity index (χ2n) is 2.85. The molecule has 1 N–H and O–H groups in total. The highest BCUT2D eigenvalue weighted by Gasteiger charge is 2.00. The predicted octanol–water partition coefficient (Wildman–Crippen LogP) is 2.21. The number of carbonyl (C=O) groups is 1. The summed E-state index contributed by atoms with van der Waals surface area (Å²) in [6.07, 6.45) is 4.84. The molecular weight excluding hydrogens is 178 g/mol. The lowest BCUT2D eigenvalue weighted by Crippen LogP contribution is -1.96. The van der Waals surface area contributed by atoms with Gasteiger partial charge in [-0.1, -0.05) is 12.7 Å². The third-order valence-corrected chi connectivity index (χ3v) is 1.74. The molecule has 0 aliphatic carbocycles. The molecule has 0 spiro atoms. The Morgan fingerprint density at radius 2 is 2.36 bits per heavy atom. The molecule has 0 aliphatic heterocycles. The summed E-state index contributed by atoms with van der Waals surface area (Å²) in [5, 5.41) is 8.65. The van der Waals surface area contributed by atoms with Gasteiger partial charge < -0.3 is 5.11 Å². The lowest BCUT2D eigenvalue weighted by Gasteiger charge is -1.96. The monoisotopic (exact) mass is 189 g/mol. The van der Waals surface area contributed by atoms with E-state index in [0.717, 1.165) is 5.56 Å². The van der Waals surface area contributed by atoms with Crippen LogP contribution in [0, 0.1) is 0 Å². The van der Waals surface area contributed by atoms with Crippen LogP contribution in [0.5, 0.6) is 0 Å². The molecule has 1 aromatic rings. The molecule has 0 amide bonds. The van der Waals surface area contributed by atoms with Crippen LogP contribution in [0.25, 0.3) is 12.2 Å². The molecule has 3 heteroatoms. The Morgan fingerprint density at radius 1 is 1.64 bits per heavy atom. The quantitative estimate of drug-likeness (QED) is 0.741. The lowest BCUT2D eigenvalue weighted by molar-refractivity contribution is -0.132. The van der Waals surface area contributed by atoms with Crippen LogP contribution in [0.1, 0.15) is 18.2 Å². The van der Waals surface area contributed by atoms with Crippen molar-refractivity contribution in [2.45, 2.75) is 6.92 Å². The van der Waals surface area contributed by atoms with Crippen LogP contribution in [0.3, 0.4) is 0 Å². The van der Waals surface area contributed by atoms with Gasteiger partial charge in [-0.2, -0.15) is 0 Å². The second kappa shape index (κ2) is 4.37. The first-order valence-electron chi connectivity index (χ1n) is 4.13. The normalized spacial score (nSPS) is 11.1. The maximum atomic E-state index is 10.5. The number of carboxylic acid groups (broad SMARTS) is 1. The zero-order valence-corrected chi connectivity index (χ0v) is 7.90. The molecule has 0 saturated heterocycles. The summed E-state index contributed by atoms with van der Waals surface area (Å²) in [6, 6.07) is 3.58. The van der Waals surface area contributed by atoms with E-state index >= 15 is 0 Å². The number of rotatable bonds is 3. The summed E-state index contributed by atoms with van der Waals surface area (Å²) in [6.45, 7) is 5.15. The maximum absolute atomic E-state index is 10.5. The second-order valence-corrected chi connectivity index (χ2v) is 2.85. The zero-order chi connectivity index (χ0) is 10.6. The number of pyridine rings is 1. The van der Waals surface area contributed by atoms with Crippen molar-refractivity contribution >= 4 is 18.1 Å². The first-order chi connectivity index (χ1) is 6.63. The number of nitrogens with zero attached hydrogens (tertiary/aromatic N) is 1. The first-order valence-corrected chi connectivity index (χ1v) is 4.13. The van der Waals surface area contributed by atoms with Gasteiger partial charge in [-0.25, -0.2) is 4.79 Å². The number of hydrogen-bond acceptors (Lipinski definition) is 2. The Bertz CT molecular complexity index is 394. The van der Waals surface area contributed by atoms with Gasteiger partial charge in [0.2, 0.25) is 0 Å². The smallest absolute Gasteiger partial charge is 0.331 e. The molecule has 1 aromatic heterocycles. The van der Waals surface area contributed by atoms with Crippen molar-refractivity contribution in [3.05, 3.63) is 41.7 Å². The summed E-state index contributed by atoms with van der Waals surface area (Å²) < 4.78 is 0. The first kappa shape index (κ1) is 10.2. The van der Waals surface area contributed by atoms with Gasteiger partial charge in [-0.15, -0.1) is 0 Å². The van der Waals surface area contributed by atoms with Crippen molar-refractivity contribution in [3.63, 3.8) is 0 Å². The SMILES string of the molecule is C=Cc1ccnc(C=C(C)C(=O)O)c1. The largest absolute Gasteiger partial charge is 0.478 e. The molecule has 1 heterocycles. The predicted molar refractivity (Wildman–Crippen MR) is 55.6 cm³/mol. The van der Waals surface area contributed by atoms with E-state index in [1.165, 1.54) is 13.0 Å². The number of aromatic nitrogens is 1. The van der Waals surface area contributed by atoms with Gasteiger partial charge in [0, 0.05) is 11.8 Å². The molecule has 0 saturated carbocycles. The van der Waals surface area contributed by atoms with E-state index in [2.05, 4.69) is 11.6 Å². The molecule has 72 valence electrons. The summed E-state index contributed by atoms with van der Waals surface area (Å²) in [7, 11) is 0. The van der Waals surface area contributed by atoms with E-state index in [1.807, 2.05) is 0 Å². The average molecular weight is 189 g/mol. The van der Waals surface area contributed by atoms with Gasteiger partial charge in [0.15, 0.2) is 0 Å². The third-order valence-electron chi connectivity index (χ3n) is 1.74. The van der Waals surface area contributed by atoms with Crippen LogP contribution in [0.2, 0.25) is 0 Å². The van der Waals surface area contributed by atoms with Gasteiger partial charge in [0.05, 0.1) is 5.69 Å². The van der Waals surface area contributed by atoms with Crippen LogP contribution in [0.15, 0.2) is 30.5 Å². The highest BCUT2D eigenvalue weighted by Crippen LogP contribution is 2.07. The van der Waals surface area contributed by atoms with Gasteiger partial charge in [0.1, 0.15) is 0 Å². The van der Waals surface area contributed by atoms with Crippen molar-refractivity contribution in [1.82, 2.24) is 4.98 Å². The van der Waals surface area contributed by atoms with E-state index in [1.54, 1.807) is 24.4 Å². The Labute approximate surface area is 82.4 Å². The molecule has 0 aromatic carbocycles. The zero-order valence-electron chi connectivity index (χ0n) is 7.90. The fraction of sp³-hybridized carbons (Fsp3) is 0.0909. The number of aliphatic carboxylic acids is 1. The topological polar surface area (TPSA) is 50.2 Å². The molecule has 0 fully saturated rings. The molecule has 0 atom stereocenters.